The van der Waals surface area contributed by atoms with Crippen LogP contribution in [0.15, 0.2) is 23.8 Å². The van der Waals surface area contributed by atoms with Gasteiger partial charge in [-0.3, -0.25) is 0 Å². The van der Waals surface area contributed by atoms with E-state index in [1.165, 1.54) is 0 Å². The monoisotopic (exact) mass is 144 g/mol. The Labute approximate surface area is 62.2 Å². The molecule has 52 valence electrons. The molecule has 0 aromatic carbocycles. The van der Waals surface area contributed by atoms with E-state index in [4.69, 9.17) is 11.6 Å². The van der Waals surface area contributed by atoms with Crippen LogP contribution >= 0.6 is 11.6 Å². The van der Waals surface area contributed by atoms with Crippen molar-refractivity contribution in [3.8, 4) is 0 Å². The summed E-state index contributed by atoms with van der Waals surface area (Å²) in [6.07, 6.45) is 5.03. The summed E-state index contributed by atoms with van der Waals surface area (Å²) in [5.41, 5.74) is 0. The molecule has 0 saturated heterocycles. The van der Waals surface area contributed by atoms with Gasteiger partial charge in [0.05, 0.1) is 0 Å². The Morgan fingerprint density at radius 2 is 2.33 bits per heavy atom. The van der Waals surface area contributed by atoms with Crippen LogP contribution in [0.4, 0.5) is 0 Å². The molecule has 0 N–H and O–H groups in total. The van der Waals surface area contributed by atoms with Crippen LogP contribution in [-0.2, 0) is 0 Å². The zero-order valence-electron chi connectivity index (χ0n) is 6.02. The van der Waals surface area contributed by atoms with Gasteiger partial charge >= 0.3 is 0 Å². The van der Waals surface area contributed by atoms with Crippen molar-refractivity contribution in [3.63, 3.8) is 0 Å². The van der Waals surface area contributed by atoms with Crippen LogP contribution in [0.1, 0.15) is 20.3 Å². The minimum Gasteiger partial charge on any atom is -0.0914 e. The molecule has 0 rings (SSSR count). The van der Waals surface area contributed by atoms with Crippen LogP contribution in [0.25, 0.3) is 0 Å². The van der Waals surface area contributed by atoms with Crippen LogP contribution in [-0.4, -0.2) is 0 Å². The third kappa shape index (κ3) is 5.64. The summed E-state index contributed by atoms with van der Waals surface area (Å²) >= 11 is 5.58. The number of rotatable bonds is 3. The quantitative estimate of drug-likeness (QED) is 0.533. The number of allylic oxidation sites excluding steroid dienone is 3. The molecule has 0 radical (unpaired) electrons. The molecule has 0 nitrogen and oxygen atoms in total. The summed E-state index contributed by atoms with van der Waals surface area (Å²) in [4.78, 5) is 0. The molecule has 0 bridgehead atoms. The van der Waals surface area contributed by atoms with E-state index in [2.05, 4.69) is 19.6 Å². The van der Waals surface area contributed by atoms with E-state index in [9.17, 15) is 0 Å². The highest BCUT2D eigenvalue weighted by Crippen LogP contribution is 2.13. The summed E-state index contributed by atoms with van der Waals surface area (Å²) in [7, 11) is 0. The summed E-state index contributed by atoms with van der Waals surface area (Å²) in [6.45, 7) is 7.73. The first-order valence-electron chi connectivity index (χ1n) is 3.13. The van der Waals surface area contributed by atoms with E-state index >= 15 is 0 Å². The minimum absolute atomic E-state index is 0.528. The Morgan fingerprint density at radius 3 is 2.67 bits per heavy atom. The van der Waals surface area contributed by atoms with E-state index in [1.54, 1.807) is 0 Å². The molecular weight excluding hydrogens is 132 g/mol. The molecule has 0 fully saturated rings. The van der Waals surface area contributed by atoms with Crippen LogP contribution in [0.2, 0.25) is 0 Å². The Morgan fingerprint density at radius 1 is 1.78 bits per heavy atom. The van der Waals surface area contributed by atoms with Crippen molar-refractivity contribution in [2.75, 3.05) is 0 Å². The molecule has 0 aliphatic rings. The summed E-state index contributed by atoms with van der Waals surface area (Å²) in [5, 5.41) is 0.737. The van der Waals surface area contributed by atoms with Crippen LogP contribution in [0.5, 0.6) is 0 Å². The van der Waals surface area contributed by atoms with Gasteiger partial charge in [-0.15, -0.1) is 0 Å². The molecule has 0 saturated carbocycles. The zero-order chi connectivity index (χ0) is 7.28. The van der Waals surface area contributed by atoms with Gasteiger partial charge in [-0.05, 0) is 19.3 Å². The molecule has 1 atom stereocenters. The molecule has 0 aromatic rings. The standard InChI is InChI=1S/C8H13Cl/c1-4-5-7(2)6-8(3)9/h4-5,7H,3,6H2,1-2H3/b5-4-. The largest absolute Gasteiger partial charge is 0.0914 e. The topological polar surface area (TPSA) is 0 Å². The third-order valence-electron chi connectivity index (χ3n) is 1.06. The molecule has 0 spiro atoms. The predicted octanol–water partition coefficient (Wildman–Crippen LogP) is 3.34. The maximum atomic E-state index is 5.58. The molecule has 0 aliphatic heterocycles. The Hall–Kier alpha value is -0.230. The van der Waals surface area contributed by atoms with Gasteiger partial charge in [0.1, 0.15) is 0 Å². The fourth-order valence-electron chi connectivity index (χ4n) is 0.746. The lowest BCUT2D eigenvalue weighted by Crippen LogP contribution is -1.86. The van der Waals surface area contributed by atoms with Gasteiger partial charge in [-0.1, -0.05) is 37.3 Å². The normalized spacial score (nSPS) is 14.1. The molecular formula is C8H13Cl. The maximum Gasteiger partial charge on any atom is 0.0115 e. The van der Waals surface area contributed by atoms with Gasteiger partial charge in [0.2, 0.25) is 0 Å². The fourth-order valence-corrected chi connectivity index (χ4v) is 0.989. The maximum absolute atomic E-state index is 5.58. The minimum atomic E-state index is 0.528. The second-order valence-corrected chi connectivity index (χ2v) is 2.76. The van der Waals surface area contributed by atoms with E-state index < -0.39 is 0 Å². The van der Waals surface area contributed by atoms with Gasteiger partial charge in [-0.2, -0.15) is 0 Å². The molecule has 0 aliphatic carbocycles. The SMILES string of the molecule is C=C(Cl)CC(C)/C=C\C. The molecule has 0 heterocycles. The second-order valence-electron chi connectivity index (χ2n) is 2.22. The van der Waals surface area contributed by atoms with Crippen LogP contribution < -0.4 is 0 Å². The van der Waals surface area contributed by atoms with Crippen LogP contribution in [0, 0.1) is 5.92 Å². The zero-order valence-corrected chi connectivity index (χ0v) is 6.78. The first-order chi connectivity index (χ1) is 4.16. The third-order valence-corrected chi connectivity index (χ3v) is 1.22. The van der Waals surface area contributed by atoms with Crippen molar-refractivity contribution in [3.05, 3.63) is 23.8 Å². The van der Waals surface area contributed by atoms with E-state index in [-0.39, 0.29) is 0 Å². The lowest BCUT2D eigenvalue weighted by Gasteiger charge is -2.01. The molecule has 0 amide bonds. The predicted molar refractivity (Wildman–Crippen MR) is 43.6 cm³/mol. The number of halogens is 1. The first kappa shape index (κ1) is 8.77. The average molecular weight is 145 g/mol. The van der Waals surface area contributed by atoms with Crippen molar-refractivity contribution in [2.45, 2.75) is 20.3 Å². The Kier molecular flexibility index (Phi) is 4.51. The summed E-state index contributed by atoms with van der Waals surface area (Å²) in [5.74, 6) is 0.528. The summed E-state index contributed by atoms with van der Waals surface area (Å²) < 4.78 is 0. The number of hydrogen-bond donors (Lipinski definition) is 0. The van der Waals surface area contributed by atoms with Crippen molar-refractivity contribution < 1.29 is 0 Å². The second kappa shape index (κ2) is 4.63. The highest BCUT2D eigenvalue weighted by molar-refractivity contribution is 6.29. The number of hydrogen-bond acceptors (Lipinski definition) is 0. The van der Waals surface area contributed by atoms with Gasteiger partial charge in [0, 0.05) is 5.03 Å². The van der Waals surface area contributed by atoms with E-state index in [1.807, 2.05) is 13.0 Å². The fraction of sp³-hybridized carbons (Fsp3) is 0.500. The Bertz CT molecular complexity index is 114. The average Bonchev–Trinajstić information content (AvgIpc) is 1.63. The summed E-state index contributed by atoms with van der Waals surface area (Å²) in [6, 6.07) is 0. The van der Waals surface area contributed by atoms with Gasteiger partial charge in [0.15, 0.2) is 0 Å². The molecule has 1 unspecified atom stereocenters. The molecule has 0 aromatic heterocycles. The smallest absolute Gasteiger partial charge is 0.0115 e. The first-order valence-corrected chi connectivity index (χ1v) is 3.50. The van der Waals surface area contributed by atoms with Crippen molar-refractivity contribution in [1.29, 1.82) is 0 Å². The van der Waals surface area contributed by atoms with Gasteiger partial charge in [-0.25, -0.2) is 0 Å². The highest BCUT2D eigenvalue weighted by atomic mass is 35.5. The molecule has 1 heteroatoms. The lowest BCUT2D eigenvalue weighted by atomic mass is 10.1. The van der Waals surface area contributed by atoms with Gasteiger partial charge < -0.3 is 0 Å². The Balaban J connectivity index is 3.50. The van der Waals surface area contributed by atoms with E-state index in [0.29, 0.717) is 5.92 Å². The van der Waals surface area contributed by atoms with Crippen LogP contribution in [0.3, 0.4) is 0 Å². The van der Waals surface area contributed by atoms with Crippen molar-refractivity contribution >= 4 is 11.6 Å². The lowest BCUT2D eigenvalue weighted by molar-refractivity contribution is 0.736. The van der Waals surface area contributed by atoms with Crippen molar-refractivity contribution in [2.24, 2.45) is 5.92 Å². The van der Waals surface area contributed by atoms with Crippen molar-refractivity contribution in [1.82, 2.24) is 0 Å². The highest BCUT2D eigenvalue weighted by Gasteiger charge is 1.95. The van der Waals surface area contributed by atoms with E-state index in [0.717, 1.165) is 11.5 Å². The molecule has 9 heavy (non-hydrogen) atoms. The van der Waals surface area contributed by atoms with Gasteiger partial charge in [0.25, 0.3) is 0 Å².